The zero-order valence-corrected chi connectivity index (χ0v) is 11.6. The summed E-state index contributed by atoms with van der Waals surface area (Å²) in [5.41, 5.74) is 0.744. The summed E-state index contributed by atoms with van der Waals surface area (Å²) >= 11 is 6.26. The van der Waals surface area contributed by atoms with Crippen LogP contribution in [0.3, 0.4) is 0 Å². The molecule has 2 aromatic rings. The Morgan fingerprint density at radius 3 is 2.55 bits per heavy atom. The summed E-state index contributed by atoms with van der Waals surface area (Å²) in [6, 6.07) is 9.27. The van der Waals surface area contributed by atoms with Crippen LogP contribution in [0.25, 0.3) is 0 Å². The molecule has 3 nitrogen and oxygen atoms in total. The van der Waals surface area contributed by atoms with E-state index in [1.165, 1.54) is 18.3 Å². The van der Waals surface area contributed by atoms with Gasteiger partial charge in [0.05, 0.1) is 5.56 Å². The Balaban J connectivity index is 2.07. The molecule has 0 aliphatic rings. The van der Waals surface area contributed by atoms with Gasteiger partial charge in [-0.25, -0.2) is 4.98 Å². The Labute approximate surface area is 123 Å². The summed E-state index contributed by atoms with van der Waals surface area (Å²) in [6.07, 6.45) is 1.48. The number of benzene rings is 1. The molecular formula is C13H9ClF2N2OS. The second-order valence-corrected chi connectivity index (χ2v) is 5.12. The van der Waals surface area contributed by atoms with Crippen LogP contribution in [-0.2, 0) is 0 Å². The Morgan fingerprint density at radius 1 is 1.25 bits per heavy atom. The lowest BCUT2D eigenvalue weighted by Gasteiger charge is -2.07. The molecular weight excluding hydrogens is 306 g/mol. The highest BCUT2D eigenvalue weighted by Gasteiger charge is 2.11. The maximum absolute atomic E-state index is 12.2. The number of nitrogens with one attached hydrogen (secondary N) is 1. The van der Waals surface area contributed by atoms with Gasteiger partial charge in [0.25, 0.3) is 11.7 Å². The smallest absolute Gasteiger partial charge is 0.288 e. The van der Waals surface area contributed by atoms with E-state index in [1.54, 1.807) is 24.3 Å². The molecule has 1 aromatic carbocycles. The highest BCUT2D eigenvalue weighted by molar-refractivity contribution is 7.99. The monoisotopic (exact) mass is 314 g/mol. The third kappa shape index (κ3) is 3.91. The van der Waals surface area contributed by atoms with Crippen molar-refractivity contribution < 1.29 is 13.6 Å². The van der Waals surface area contributed by atoms with Gasteiger partial charge in [0.15, 0.2) is 0 Å². The molecule has 0 fully saturated rings. The second kappa shape index (κ2) is 6.67. The van der Waals surface area contributed by atoms with Gasteiger partial charge in [-0.1, -0.05) is 23.4 Å². The number of amides is 1. The molecule has 2 rings (SSSR count). The minimum absolute atomic E-state index is 0.106. The van der Waals surface area contributed by atoms with Crippen molar-refractivity contribution in [3.8, 4) is 0 Å². The minimum Gasteiger partial charge on any atom is -0.322 e. The predicted molar refractivity (Wildman–Crippen MR) is 75.5 cm³/mol. The van der Waals surface area contributed by atoms with Gasteiger partial charge in [0.1, 0.15) is 5.15 Å². The number of carbonyl (C=O) groups is 1. The molecule has 0 bridgehead atoms. The van der Waals surface area contributed by atoms with E-state index in [0.717, 1.165) is 0 Å². The minimum atomic E-state index is -2.47. The van der Waals surface area contributed by atoms with Crippen molar-refractivity contribution in [2.75, 3.05) is 5.32 Å². The lowest BCUT2D eigenvalue weighted by atomic mass is 10.2. The SMILES string of the molecule is O=C(Nc1ccc(SC(F)F)cc1)c1cccnc1Cl. The molecule has 0 saturated heterocycles. The fourth-order valence-electron chi connectivity index (χ4n) is 1.47. The molecule has 0 aliphatic carbocycles. The van der Waals surface area contributed by atoms with Crippen LogP contribution in [-0.4, -0.2) is 16.6 Å². The standard InChI is InChI=1S/C13H9ClF2N2OS/c14-11-10(2-1-7-17-11)12(19)18-8-3-5-9(6-4-8)20-13(15)16/h1-7,13H,(H,18,19). The van der Waals surface area contributed by atoms with Gasteiger partial charge in [-0.15, -0.1) is 0 Å². The van der Waals surface area contributed by atoms with E-state index < -0.39 is 11.7 Å². The van der Waals surface area contributed by atoms with Crippen LogP contribution in [0.2, 0.25) is 5.15 Å². The lowest BCUT2D eigenvalue weighted by Crippen LogP contribution is -2.12. The van der Waals surface area contributed by atoms with E-state index in [4.69, 9.17) is 11.6 Å². The number of alkyl halides is 2. The number of carbonyl (C=O) groups excluding carboxylic acids is 1. The van der Waals surface area contributed by atoms with Gasteiger partial charge >= 0.3 is 0 Å². The summed E-state index contributed by atoms with van der Waals surface area (Å²) in [6.45, 7) is 0. The van der Waals surface area contributed by atoms with E-state index in [2.05, 4.69) is 10.3 Å². The van der Waals surface area contributed by atoms with Crippen LogP contribution in [0.15, 0.2) is 47.5 Å². The van der Waals surface area contributed by atoms with Gasteiger partial charge in [-0.05, 0) is 36.4 Å². The van der Waals surface area contributed by atoms with Crippen LogP contribution < -0.4 is 5.32 Å². The molecule has 1 heterocycles. The summed E-state index contributed by atoms with van der Waals surface area (Å²) in [5.74, 6) is -2.87. The van der Waals surface area contributed by atoms with Crippen molar-refractivity contribution in [1.29, 1.82) is 0 Å². The van der Waals surface area contributed by atoms with Crippen molar-refractivity contribution in [1.82, 2.24) is 4.98 Å². The summed E-state index contributed by atoms with van der Waals surface area (Å²) in [7, 11) is 0. The van der Waals surface area contributed by atoms with Crippen molar-refractivity contribution in [2.45, 2.75) is 10.7 Å². The van der Waals surface area contributed by atoms with E-state index in [9.17, 15) is 13.6 Å². The number of rotatable bonds is 4. The van der Waals surface area contributed by atoms with Crippen molar-refractivity contribution in [3.05, 3.63) is 53.3 Å². The second-order valence-electron chi connectivity index (χ2n) is 3.70. The average molecular weight is 315 g/mol. The molecule has 7 heteroatoms. The van der Waals surface area contributed by atoms with Crippen LogP contribution in [0.4, 0.5) is 14.5 Å². The number of thioether (sulfide) groups is 1. The van der Waals surface area contributed by atoms with E-state index >= 15 is 0 Å². The molecule has 20 heavy (non-hydrogen) atoms. The number of halogens is 3. The van der Waals surface area contributed by atoms with Gasteiger partial charge in [0.2, 0.25) is 0 Å². The summed E-state index contributed by atoms with van der Waals surface area (Å²) < 4.78 is 24.3. The molecule has 0 unspecified atom stereocenters. The van der Waals surface area contributed by atoms with Gasteiger partial charge in [-0.3, -0.25) is 4.79 Å². The summed E-state index contributed by atoms with van der Waals surface area (Å²) in [5, 5.41) is 2.73. The van der Waals surface area contributed by atoms with Gasteiger partial charge in [0, 0.05) is 16.8 Å². The van der Waals surface area contributed by atoms with Crippen molar-refractivity contribution >= 4 is 35.0 Å². The van der Waals surface area contributed by atoms with Crippen LogP contribution >= 0.6 is 23.4 Å². The first kappa shape index (κ1) is 14.7. The Morgan fingerprint density at radius 2 is 1.95 bits per heavy atom. The van der Waals surface area contributed by atoms with Gasteiger partial charge < -0.3 is 5.32 Å². The predicted octanol–water partition coefficient (Wildman–Crippen LogP) is 4.30. The van der Waals surface area contributed by atoms with Crippen molar-refractivity contribution in [3.63, 3.8) is 0 Å². The third-order valence-electron chi connectivity index (χ3n) is 2.34. The molecule has 104 valence electrons. The maximum atomic E-state index is 12.2. The Kier molecular flexibility index (Phi) is 4.92. The number of pyridine rings is 1. The number of hydrogen-bond donors (Lipinski definition) is 1. The van der Waals surface area contributed by atoms with Crippen LogP contribution in [0, 0.1) is 0 Å². The molecule has 0 atom stereocenters. The topological polar surface area (TPSA) is 42.0 Å². The first-order valence-electron chi connectivity index (χ1n) is 5.53. The maximum Gasteiger partial charge on any atom is 0.288 e. The largest absolute Gasteiger partial charge is 0.322 e. The van der Waals surface area contributed by atoms with E-state index in [-0.39, 0.29) is 10.7 Å². The molecule has 0 saturated carbocycles. The number of hydrogen-bond acceptors (Lipinski definition) is 3. The first-order valence-corrected chi connectivity index (χ1v) is 6.79. The number of aromatic nitrogens is 1. The zero-order chi connectivity index (χ0) is 14.5. The number of nitrogens with zero attached hydrogens (tertiary/aromatic N) is 1. The molecule has 0 spiro atoms. The molecule has 1 amide bonds. The fourth-order valence-corrected chi connectivity index (χ4v) is 2.18. The van der Waals surface area contributed by atoms with Crippen molar-refractivity contribution in [2.24, 2.45) is 0 Å². The van der Waals surface area contributed by atoms with E-state index in [1.807, 2.05) is 0 Å². The molecule has 0 aliphatic heterocycles. The van der Waals surface area contributed by atoms with Gasteiger partial charge in [-0.2, -0.15) is 8.78 Å². The van der Waals surface area contributed by atoms with Crippen LogP contribution in [0.1, 0.15) is 10.4 Å². The molecule has 1 N–H and O–H groups in total. The number of anilines is 1. The zero-order valence-electron chi connectivity index (χ0n) is 10.0. The quantitative estimate of drug-likeness (QED) is 0.675. The molecule has 1 aromatic heterocycles. The lowest BCUT2D eigenvalue weighted by molar-refractivity contribution is 0.102. The molecule has 0 radical (unpaired) electrons. The normalized spacial score (nSPS) is 10.6. The Hall–Kier alpha value is -1.66. The van der Waals surface area contributed by atoms with E-state index in [0.29, 0.717) is 22.3 Å². The first-order chi connectivity index (χ1) is 9.56. The third-order valence-corrected chi connectivity index (χ3v) is 3.36. The average Bonchev–Trinajstić information content (AvgIpc) is 2.41. The fraction of sp³-hybridized carbons (Fsp3) is 0.0769. The summed E-state index contributed by atoms with van der Waals surface area (Å²) in [4.78, 5) is 16.2. The highest BCUT2D eigenvalue weighted by Crippen LogP contribution is 2.26. The highest BCUT2D eigenvalue weighted by atomic mass is 35.5. The Bertz CT molecular complexity index is 608. The van der Waals surface area contributed by atoms with Crippen LogP contribution in [0.5, 0.6) is 0 Å².